The number of fused-ring (bicyclic) bond motifs is 1. The number of aromatic amines is 1. The number of H-pyrrole nitrogens is 1. The van der Waals surface area contributed by atoms with E-state index < -0.39 is 0 Å². The molecule has 0 bridgehead atoms. The van der Waals surface area contributed by atoms with Gasteiger partial charge in [-0.2, -0.15) is 0 Å². The Bertz CT molecular complexity index is 958. The van der Waals surface area contributed by atoms with Gasteiger partial charge in [0.2, 0.25) is 5.56 Å². The zero-order chi connectivity index (χ0) is 16.7. The lowest BCUT2D eigenvalue weighted by Crippen LogP contribution is -2.52. The minimum absolute atomic E-state index is 0.0955. The summed E-state index contributed by atoms with van der Waals surface area (Å²) in [5.41, 5.74) is 2.46. The summed E-state index contributed by atoms with van der Waals surface area (Å²) in [6.45, 7) is 0.725. The monoisotopic (exact) mass is 322 g/mol. The number of nitrogens with zero attached hydrogens (tertiary/aromatic N) is 3. The van der Waals surface area contributed by atoms with Gasteiger partial charge < -0.3 is 14.5 Å². The minimum atomic E-state index is -0.301. The van der Waals surface area contributed by atoms with E-state index in [9.17, 15) is 9.59 Å². The van der Waals surface area contributed by atoms with Crippen molar-refractivity contribution in [3.8, 4) is 0 Å². The zero-order valence-electron chi connectivity index (χ0n) is 13.4. The van der Waals surface area contributed by atoms with E-state index in [-0.39, 0.29) is 17.5 Å². The Labute approximate surface area is 138 Å². The second-order valence-corrected chi connectivity index (χ2v) is 6.23. The van der Waals surface area contributed by atoms with E-state index in [0.29, 0.717) is 16.7 Å². The third-order valence-corrected chi connectivity index (χ3v) is 4.66. The van der Waals surface area contributed by atoms with E-state index in [4.69, 9.17) is 0 Å². The average Bonchev–Trinajstić information content (AvgIpc) is 2.92. The summed E-state index contributed by atoms with van der Waals surface area (Å²) in [6.07, 6.45) is 3.43. The van der Waals surface area contributed by atoms with Crippen LogP contribution in [0.1, 0.15) is 22.3 Å². The molecule has 1 unspecified atom stereocenters. The molecule has 6 nitrogen and oxygen atoms in total. The van der Waals surface area contributed by atoms with Crippen LogP contribution >= 0.6 is 0 Å². The Morgan fingerprint density at radius 3 is 2.83 bits per heavy atom. The van der Waals surface area contributed by atoms with E-state index in [1.807, 2.05) is 30.1 Å². The maximum atomic E-state index is 13.0. The van der Waals surface area contributed by atoms with Gasteiger partial charge in [0.25, 0.3) is 5.91 Å². The lowest BCUT2D eigenvalue weighted by Gasteiger charge is -2.41. The van der Waals surface area contributed by atoms with E-state index in [1.165, 1.54) is 11.6 Å². The van der Waals surface area contributed by atoms with Crippen LogP contribution in [-0.4, -0.2) is 37.9 Å². The van der Waals surface area contributed by atoms with Gasteiger partial charge in [0, 0.05) is 25.7 Å². The summed E-state index contributed by atoms with van der Waals surface area (Å²) in [7, 11) is 1.82. The number of aryl methyl sites for hydroxylation is 1. The molecular formula is C18H18N4O2. The zero-order valence-corrected chi connectivity index (χ0v) is 13.4. The molecule has 1 atom stereocenters. The summed E-state index contributed by atoms with van der Waals surface area (Å²) >= 11 is 0. The van der Waals surface area contributed by atoms with Crippen LogP contribution in [0.3, 0.4) is 0 Å². The summed E-state index contributed by atoms with van der Waals surface area (Å²) < 4.78 is 1.77. The molecule has 1 N–H and O–H groups in total. The lowest BCUT2D eigenvalue weighted by molar-refractivity contribution is 0.0466. The van der Waals surface area contributed by atoms with Crippen molar-refractivity contribution in [2.24, 2.45) is 7.05 Å². The normalized spacial score (nSPS) is 17.0. The number of benzene rings is 1. The van der Waals surface area contributed by atoms with Gasteiger partial charge in [-0.15, -0.1) is 0 Å². The van der Waals surface area contributed by atoms with Crippen LogP contribution in [0.4, 0.5) is 0 Å². The molecule has 1 amide bonds. The quantitative estimate of drug-likeness (QED) is 0.798. The van der Waals surface area contributed by atoms with Gasteiger partial charge >= 0.3 is 0 Å². The molecule has 0 aliphatic carbocycles. The van der Waals surface area contributed by atoms with Crippen LogP contribution in [0.15, 0.2) is 47.5 Å². The van der Waals surface area contributed by atoms with E-state index in [2.05, 4.69) is 22.1 Å². The van der Waals surface area contributed by atoms with Crippen LogP contribution in [0.2, 0.25) is 0 Å². The van der Waals surface area contributed by atoms with E-state index in [0.717, 1.165) is 19.4 Å². The number of amides is 1. The molecule has 6 heteroatoms. The van der Waals surface area contributed by atoms with Crippen molar-refractivity contribution < 1.29 is 4.79 Å². The molecule has 2 aromatic heterocycles. The number of rotatable bonds is 3. The summed E-state index contributed by atoms with van der Waals surface area (Å²) in [4.78, 5) is 33.5. The first-order valence-corrected chi connectivity index (χ1v) is 8.03. The van der Waals surface area contributed by atoms with Crippen LogP contribution in [0.5, 0.6) is 0 Å². The molecule has 4 rings (SSSR count). The molecule has 1 fully saturated rings. The average molecular weight is 322 g/mol. The SMILES string of the molecule is Cn1cnc2[nH]c(=O)cc(C(=O)N3CCC3Cc3ccccc3)c21. The number of carbonyl (C=O) groups excluding carboxylic acids is 1. The van der Waals surface area contributed by atoms with Gasteiger partial charge in [0.05, 0.1) is 17.4 Å². The molecule has 0 spiro atoms. The highest BCUT2D eigenvalue weighted by Gasteiger charge is 2.34. The third kappa shape index (κ3) is 2.40. The van der Waals surface area contributed by atoms with Crippen molar-refractivity contribution >= 4 is 17.1 Å². The minimum Gasteiger partial charge on any atom is -0.335 e. The highest BCUT2D eigenvalue weighted by Crippen LogP contribution is 2.25. The second kappa shape index (κ2) is 5.63. The first kappa shape index (κ1) is 14.7. The maximum absolute atomic E-state index is 13.0. The molecule has 3 heterocycles. The summed E-state index contributed by atoms with van der Waals surface area (Å²) in [5, 5.41) is 0. The van der Waals surface area contributed by atoms with Crippen molar-refractivity contribution in [1.29, 1.82) is 0 Å². The number of aromatic nitrogens is 3. The molecule has 1 saturated heterocycles. The van der Waals surface area contributed by atoms with E-state index in [1.54, 1.807) is 10.9 Å². The van der Waals surface area contributed by atoms with Gasteiger partial charge in [0.1, 0.15) is 0 Å². The molecular weight excluding hydrogens is 304 g/mol. The number of hydrogen-bond acceptors (Lipinski definition) is 3. The predicted molar refractivity (Wildman–Crippen MR) is 90.9 cm³/mol. The van der Waals surface area contributed by atoms with Gasteiger partial charge in [-0.25, -0.2) is 4.98 Å². The van der Waals surface area contributed by atoms with E-state index >= 15 is 0 Å². The van der Waals surface area contributed by atoms with Crippen LogP contribution < -0.4 is 5.56 Å². The first-order chi connectivity index (χ1) is 11.6. The number of likely N-dealkylation sites (tertiary alicyclic amines) is 1. The molecule has 122 valence electrons. The largest absolute Gasteiger partial charge is 0.335 e. The van der Waals surface area contributed by atoms with Crippen LogP contribution in [0.25, 0.3) is 11.2 Å². The van der Waals surface area contributed by atoms with Gasteiger partial charge in [-0.1, -0.05) is 30.3 Å². The topological polar surface area (TPSA) is 71.0 Å². The summed E-state index contributed by atoms with van der Waals surface area (Å²) in [6, 6.07) is 11.7. The Balaban J connectivity index is 1.64. The number of nitrogens with one attached hydrogen (secondary N) is 1. The highest BCUT2D eigenvalue weighted by atomic mass is 16.2. The molecule has 1 aromatic carbocycles. The van der Waals surface area contributed by atoms with Crippen LogP contribution in [0, 0.1) is 0 Å². The van der Waals surface area contributed by atoms with Crippen molar-refractivity contribution in [2.75, 3.05) is 6.54 Å². The molecule has 0 radical (unpaired) electrons. The van der Waals surface area contributed by atoms with Crippen molar-refractivity contribution in [2.45, 2.75) is 18.9 Å². The highest BCUT2D eigenvalue weighted by molar-refractivity contribution is 6.04. The smallest absolute Gasteiger partial charge is 0.256 e. The number of hydrogen-bond donors (Lipinski definition) is 1. The molecule has 0 saturated carbocycles. The number of imidazole rings is 1. The van der Waals surface area contributed by atoms with Gasteiger partial charge in [0.15, 0.2) is 5.65 Å². The van der Waals surface area contributed by atoms with Crippen LogP contribution in [-0.2, 0) is 13.5 Å². The van der Waals surface area contributed by atoms with Crippen molar-refractivity contribution in [3.05, 3.63) is 64.2 Å². The van der Waals surface area contributed by atoms with Crippen molar-refractivity contribution in [1.82, 2.24) is 19.4 Å². The Kier molecular flexibility index (Phi) is 3.45. The standard InChI is InChI=1S/C18H18N4O2/c1-21-11-19-17-16(21)14(10-15(23)20-17)18(24)22-8-7-13(22)9-12-5-3-2-4-6-12/h2-6,10-11,13H,7-9H2,1H3,(H,20,23). The first-order valence-electron chi connectivity index (χ1n) is 8.03. The van der Waals surface area contributed by atoms with Crippen molar-refractivity contribution in [3.63, 3.8) is 0 Å². The Hall–Kier alpha value is -2.89. The molecule has 24 heavy (non-hydrogen) atoms. The molecule has 1 aliphatic heterocycles. The Morgan fingerprint density at radius 1 is 1.33 bits per heavy atom. The Morgan fingerprint density at radius 2 is 2.12 bits per heavy atom. The maximum Gasteiger partial charge on any atom is 0.256 e. The van der Waals surface area contributed by atoms with Gasteiger partial charge in [-0.05, 0) is 18.4 Å². The fourth-order valence-electron chi connectivity index (χ4n) is 3.32. The fourth-order valence-corrected chi connectivity index (χ4v) is 3.32. The summed E-state index contributed by atoms with van der Waals surface area (Å²) in [5.74, 6) is -0.0955. The predicted octanol–water partition coefficient (Wildman–Crippen LogP) is 1.72. The van der Waals surface area contributed by atoms with Gasteiger partial charge in [-0.3, -0.25) is 9.59 Å². The number of carbonyl (C=O) groups is 1. The lowest BCUT2D eigenvalue weighted by atomic mass is 9.94. The fraction of sp³-hybridized carbons (Fsp3) is 0.278. The number of pyridine rings is 1. The molecule has 1 aliphatic rings. The second-order valence-electron chi connectivity index (χ2n) is 6.23. The third-order valence-electron chi connectivity index (χ3n) is 4.66. The molecule has 3 aromatic rings.